The fourth-order valence-electron chi connectivity index (χ4n) is 3.24. The van der Waals surface area contributed by atoms with E-state index in [0.717, 1.165) is 46.7 Å². The first-order valence-electron chi connectivity index (χ1n) is 10.1. The van der Waals surface area contributed by atoms with Gasteiger partial charge >= 0.3 is 0 Å². The summed E-state index contributed by atoms with van der Waals surface area (Å²) in [5.74, 6) is 1.29. The van der Waals surface area contributed by atoms with Crippen LogP contribution in [0.15, 0.2) is 82.9 Å². The van der Waals surface area contributed by atoms with E-state index in [1.165, 1.54) is 5.56 Å². The minimum atomic E-state index is 0.513. The molecule has 5 nitrogen and oxygen atoms in total. The molecule has 0 aliphatic carbocycles. The summed E-state index contributed by atoms with van der Waals surface area (Å²) in [7, 11) is 0. The van der Waals surface area contributed by atoms with E-state index in [1.807, 2.05) is 48.5 Å². The minimum Gasteiger partial charge on any atom is -0.455 e. The van der Waals surface area contributed by atoms with Gasteiger partial charge in [0.25, 0.3) is 0 Å². The van der Waals surface area contributed by atoms with Crippen molar-refractivity contribution in [2.24, 2.45) is 10.1 Å². The summed E-state index contributed by atoms with van der Waals surface area (Å²) in [5, 5.41) is 3.71. The zero-order valence-corrected chi connectivity index (χ0v) is 17.7. The van der Waals surface area contributed by atoms with Crippen molar-refractivity contribution in [1.82, 2.24) is 4.57 Å². The number of hydrogen-bond acceptors (Lipinski definition) is 5. The van der Waals surface area contributed by atoms with Gasteiger partial charge in [0.05, 0.1) is 16.8 Å². The van der Waals surface area contributed by atoms with Gasteiger partial charge in [-0.3, -0.25) is 4.99 Å². The number of nitrogens with one attached hydrogen (secondary N) is 1. The standard InChI is InChI=1S/C24H24N4OS/c1-2-3-14-26-24-28(17-18-10-6-4-7-11-18)21-16-22(20(27-25)15-23(21)30-24)29-19-12-8-5-9-13-19/h4-13,15-16,25H,2-3,14,17H2,1H3/b26-24+,27-25?. The second-order valence-electron chi connectivity index (χ2n) is 7.01. The molecule has 0 amide bonds. The van der Waals surface area contributed by atoms with Crippen molar-refractivity contribution in [2.75, 3.05) is 6.54 Å². The number of ether oxygens (including phenoxy) is 1. The van der Waals surface area contributed by atoms with Crippen LogP contribution in [0.3, 0.4) is 0 Å². The summed E-state index contributed by atoms with van der Waals surface area (Å²) in [6.45, 7) is 3.71. The van der Waals surface area contributed by atoms with Crippen molar-refractivity contribution in [3.63, 3.8) is 0 Å². The van der Waals surface area contributed by atoms with Crippen LogP contribution >= 0.6 is 11.3 Å². The lowest BCUT2D eigenvalue weighted by atomic mass is 10.2. The summed E-state index contributed by atoms with van der Waals surface area (Å²) in [6, 6.07) is 23.9. The lowest BCUT2D eigenvalue weighted by molar-refractivity contribution is 0.484. The van der Waals surface area contributed by atoms with Crippen LogP contribution in [-0.2, 0) is 6.54 Å². The highest BCUT2D eigenvalue weighted by molar-refractivity contribution is 7.16. The lowest BCUT2D eigenvalue weighted by Crippen LogP contribution is -2.16. The molecule has 30 heavy (non-hydrogen) atoms. The van der Waals surface area contributed by atoms with Crippen LogP contribution in [0.1, 0.15) is 25.3 Å². The maximum Gasteiger partial charge on any atom is 0.186 e. The van der Waals surface area contributed by atoms with Gasteiger partial charge in [0.1, 0.15) is 11.4 Å². The number of thiazole rings is 1. The summed E-state index contributed by atoms with van der Waals surface area (Å²) in [6.07, 6.45) is 2.18. The van der Waals surface area contributed by atoms with E-state index in [2.05, 4.69) is 40.9 Å². The normalized spacial score (nSPS) is 11.7. The van der Waals surface area contributed by atoms with Gasteiger partial charge < -0.3 is 9.30 Å². The molecule has 0 atom stereocenters. The molecule has 0 saturated heterocycles. The third-order valence-electron chi connectivity index (χ3n) is 4.80. The molecule has 1 N–H and O–H groups in total. The first-order chi connectivity index (χ1) is 14.8. The first-order valence-corrected chi connectivity index (χ1v) is 10.9. The Morgan fingerprint density at radius 1 is 1.00 bits per heavy atom. The molecule has 6 heteroatoms. The Morgan fingerprint density at radius 3 is 2.43 bits per heavy atom. The molecule has 4 aromatic rings. The van der Waals surface area contributed by atoms with E-state index in [-0.39, 0.29) is 0 Å². The molecule has 0 aliphatic heterocycles. The van der Waals surface area contributed by atoms with Crippen LogP contribution in [0.2, 0.25) is 0 Å². The minimum absolute atomic E-state index is 0.513. The van der Waals surface area contributed by atoms with Crippen LogP contribution in [-0.4, -0.2) is 11.1 Å². The molecule has 0 unspecified atom stereocenters. The van der Waals surface area contributed by atoms with Crippen LogP contribution in [0.5, 0.6) is 11.5 Å². The largest absolute Gasteiger partial charge is 0.455 e. The van der Waals surface area contributed by atoms with Crippen molar-refractivity contribution in [3.8, 4) is 11.5 Å². The Labute approximate surface area is 179 Å². The van der Waals surface area contributed by atoms with Crippen molar-refractivity contribution in [2.45, 2.75) is 26.3 Å². The smallest absolute Gasteiger partial charge is 0.186 e. The number of hydrogen-bond donors (Lipinski definition) is 1. The highest BCUT2D eigenvalue weighted by Crippen LogP contribution is 2.36. The zero-order valence-electron chi connectivity index (χ0n) is 16.9. The number of aromatic nitrogens is 1. The van der Waals surface area contributed by atoms with Gasteiger partial charge in [0.2, 0.25) is 0 Å². The molecular formula is C24H24N4OS. The number of para-hydroxylation sites is 1. The molecule has 3 aromatic carbocycles. The van der Waals surface area contributed by atoms with Crippen molar-refractivity contribution in [3.05, 3.63) is 83.2 Å². The van der Waals surface area contributed by atoms with Crippen molar-refractivity contribution >= 4 is 27.2 Å². The van der Waals surface area contributed by atoms with Gasteiger partial charge in [-0.15, -0.1) is 0 Å². The maximum atomic E-state index is 7.62. The molecule has 1 heterocycles. The fourth-order valence-corrected chi connectivity index (χ4v) is 4.31. The van der Waals surface area contributed by atoms with Gasteiger partial charge in [-0.2, -0.15) is 5.11 Å². The van der Waals surface area contributed by atoms with E-state index < -0.39 is 0 Å². The lowest BCUT2D eigenvalue weighted by Gasteiger charge is -2.10. The Kier molecular flexibility index (Phi) is 6.35. The number of nitrogens with zero attached hydrogens (tertiary/aromatic N) is 3. The van der Waals surface area contributed by atoms with Gasteiger partial charge in [-0.1, -0.05) is 73.2 Å². The third-order valence-corrected chi connectivity index (χ3v) is 5.88. The van der Waals surface area contributed by atoms with E-state index >= 15 is 0 Å². The molecule has 152 valence electrons. The first kappa shape index (κ1) is 20.0. The van der Waals surface area contributed by atoms with E-state index in [9.17, 15) is 0 Å². The topological polar surface area (TPSA) is 62.7 Å². The maximum absolute atomic E-state index is 7.62. The highest BCUT2D eigenvalue weighted by atomic mass is 32.1. The molecular weight excluding hydrogens is 392 g/mol. The molecule has 0 saturated carbocycles. The van der Waals surface area contributed by atoms with Gasteiger partial charge in [0.15, 0.2) is 10.6 Å². The SMILES string of the molecule is CCCC/N=c1/sc2cc(N=N)c(Oc3ccccc3)cc2n1Cc1ccccc1. The molecule has 0 radical (unpaired) electrons. The molecule has 0 bridgehead atoms. The molecule has 0 spiro atoms. The summed E-state index contributed by atoms with van der Waals surface area (Å²) in [4.78, 5) is 5.84. The molecule has 1 aromatic heterocycles. The van der Waals surface area contributed by atoms with Crippen LogP contribution in [0.25, 0.3) is 10.2 Å². The predicted molar refractivity (Wildman–Crippen MR) is 122 cm³/mol. The van der Waals surface area contributed by atoms with E-state index in [0.29, 0.717) is 11.4 Å². The average molecular weight is 417 g/mol. The Morgan fingerprint density at radius 2 is 1.73 bits per heavy atom. The highest BCUT2D eigenvalue weighted by Gasteiger charge is 2.13. The van der Waals surface area contributed by atoms with Crippen LogP contribution in [0.4, 0.5) is 5.69 Å². The Hall–Kier alpha value is -3.25. The fraction of sp³-hybridized carbons (Fsp3) is 0.208. The van der Waals surface area contributed by atoms with Crippen molar-refractivity contribution < 1.29 is 4.74 Å². The van der Waals surface area contributed by atoms with Gasteiger partial charge in [0, 0.05) is 12.6 Å². The monoisotopic (exact) mass is 416 g/mol. The van der Waals surface area contributed by atoms with Gasteiger partial charge in [-0.05, 0) is 30.2 Å². The average Bonchev–Trinajstić information content (AvgIpc) is 3.11. The Balaban J connectivity index is 1.84. The molecule has 0 fully saturated rings. The second-order valence-corrected chi connectivity index (χ2v) is 8.02. The van der Waals surface area contributed by atoms with Crippen molar-refractivity contribution in [1.29, 1.82) is 5.53 Å². The Bertz CT molecular complexity index is 1200. The number of unbranched alkanes of at least 4 members (excludes halogenated alkanes) is 1. The summed E-state index contributed by atoms with van der Waals surface area (Å²) in [5.41, 5.74) is 10.4. The zero-order chi connectivity index (χ0) is 20.8. The number of fused-ring (bicyclic) bond motifs is 1. The number of rotatable bonds is 8. The predicted octanol–water partition coefficient (Wildman–Crippen LogP) is 6.91. The third kappa shape index (κ3) is 4.49. The molecule has 4 rings (SSSR count). The van der Waals surface area contributed by atoms with E-state index in [1.54, 1.807) is 11.3 Å². The molecule has 0 aliphatic rings. The quantitative estimate of drug-likeness (QED) is 0.246. The summed E-state index contributed by atoms with van der Waals surface area (Å²) < 4.78 is 9.35. The second kappa shape index (κ2) is 9.50. The van der Waals surface area contributed by atoms with Crippen LogP contribution in [0, 0.1) is 5.53 Å². The van der Waals surface area contributed by atoms with E-state index in [4.69, 9.17) is 15.3 Å². The summed E-state index contributed by atoms with van der Waals surface area (Å²) >= 11 is 1.64. The number of benzene rings is 3. The van der Waals surface area contributed by atoms with Crippen LogP contribution < -0.4 is 9.54 Å². The van der Waals surface area contributed by atoms with Gasteiger partial charge in [-0.25, -0.2) is 5.53 Å².